The first-order chi connectivity index (χ1) is 5.25. The predicted molar refractivity (Wildman–Crippen MR) is 52.8 cm³/mol. The van der Waals surface area contributed by atoms with Gasteiger partial charge < -0.3 is 11.5 Å². The molecule has 4 N–H and O–H groups in total. The second-order valence-corrected chi connectivity index (χ2v) is 3.15. The van der Waals surface area contributed by atoms with Crippen molar-refractivity contribution in [2.75, 3.05) is 16.8 Å². The highest BCUT2D eigenvalue weighted by molar-refractivity contribution is 9.09. The topological polar surface area (TPSA) is 52.0 Å². The number of aryl methyl sites for hydroxylation is 1. The van der Waals surface area contributed by atoms with Crippen molar-refractivity contribution in [3.63, 3.8) is 0 Å². The summed E-state index contributed by atoms with van der Waals surface area (Å²) < 4.78 is 0. The molecule has 0 aliphatic rings. The van der Waals surface area contributed by atoms with Crippen LogP contribution in [-0.2, 0) is 6.42 Å². The van der Waals surface area contributed by atoms with Gasteiger partial charge in [0.2, 0.25) is 0 Å². The van der Waals surface area contributed by atoms with Crippen LogP contribution in [0.3, 0.4) is 0 Å². The van der Waals surface area contributed by atoms with Crippen LogP contribution in [0.4, 0.5) is 11.4 Å². The number of rotatable bonds is 2. The van der Waals surface area contributed by atoms with Gasteiger partial charge in [0.1, 0.15) is 0 Å². The quantitative estimate of drug-likeness (QED) is 0.583. The lowest BCUT2D eigenvalue weighted by Crippen LogP contribution is -1.99. The Morgan fingerprint density at radius 3 is 2.64 bits per heavy atom. The fourth-order valence-electron chi connectivity index (χ4n) is 0.953. The van der Waals surface area contributed by atoms with E-state index in [2.05, 4.69) is 15.9 Å². The maximum atomic E-state index is 5.72. The molecule has 1 aromatic carbocycles. The first-order valence-corrected chi connectivity index (χ1v) is 4.56. The van der Waals surface area contributed by atoms with E-state index in [0.717, 1.165) is 17.3 Å². The molecule has 0 radical (unpaired) electrons. The molecule has 0 unspecified atom stereocenters. The lowest BCUT2D eigenvalue weighted by atomic mass is 10.1. The standard InChI is InChI=1S/C8H11BrN2/c9-5-4-6-2-1-3-7(10)8(6)11/h1-3H,4-5,10-11H2. The lowest BCUT2D eigenvalue weighted by molar-refractivity contribution is 1.17. The van der Waals surface area contributed by atoms with Crippen LogP contribution in [0.5, 0.6) is 0 Å². The van der Waals surface area contributed by atoms with Gasteiger partial charge in [0.25, 0.3) is 0 Å². The molecule has 0 aliphatic carbocycles. The molecular formula is C8H11BrN2. The Hall–Kier alpha value is -0.700. The number of halogens is 1. The number of benzene rings is 1. The maximum Gasteiger partial charge on any atom is 0.0580 e. The molecular weight excluding hydrogens is 204 g/mol. The Balaban J connectivity index is 2.96. The van der Waals surface area contributed by atoms with Crippen LogP contribution in [0.25, 0.3) is 0 Å². The summed E-state index contributed by atoms with van der Waals surface area (Å²) in [5.41, 5.74) is 13.8. The average Bonchev–Trinajstić information content (AvgIpc) is 1.99. The summed E-state index contributed by atoms with van der Waals surface area (Å²) in [4.78, 5) is 0. The van der Waals surface area contributed by atoms with Gasteiger partial charge in [0, 0.05) is 5.33 Å². The summed E-state index contributed by atoms with van der Waals surface area (Å²) in [7, 11) is 0. The third kappa shape index (κ3) is 1.87. The maximum absolute atomic E-state index is 5.72. The van der Waals surface area contributed by atoms with Gasteiger partial charge in [0.05, 0.1) is 11.4 Å². The van der Waals surface area contributed by atoms with Crippen molar-refractivity contribution < 1.29 is 0 Å². The van der Waals surface area contributed by atoms with Gasteiger partial charge in [-0.05, 0) is 18.1 Å². The molecule has 2 nitrogen and oxygen atoms in total. The van der Waals surface area contributed by atoms with Crippen molar-refractivity contribution in [2.24, 2.45) is 0 Å². The number of para-hydroxylation sites is 1. The molecule has 1 rings (SSSR count). The van der Waals surface area contributed by atoms with Gasteiger partial charge in [-0.25, -0.2) is 0 Å². The van der Waals surface area contributed by atoms with E-state index in [9.17, 15) is 0 Å². The molecule has 0 saturated carbocycles. The minimum atomic E-state index is 0.670. The number of nitrogen functional groups attached to an aromatic ring is 2. The van der Waals surface area contributed by atoms with Gasteiger partial charge in [-0.2, -0.15) is 0 Å². The SMILES string of the molecule is Nc1cccc(CCBr)c1N. The molecule has 0 atom stereocenters. The zero-order valence-corrected chi connectivity index (χ0v) is 7.76. The predicted octanol–water partition coefficient (Wildman–Crippen LogP) is 1.79. The highest BCUT2D eigenvalue weighted by Gasteiger charge is 1.99. The molecule has 0 aromatic heterocycles. The van der Waals surface area contributed by atoms with E-state index in [-0.39, 0.29) is 0 Å². The zero-order chi connectivity index (χ0) is 8.27. The largest absolute Gasteiger partial charge is 0.397 e. The van der Waals surface area contributed by atoms with Gasteiger partial charge in [-0.1, -0.05) is 28.1 Å². The van der Waals surface area contributed by atoms with Gasteiger partial charge >= 0.3 is 0 Å². The van der Waals surface area contributed by atoms with E-state index in [1.54, 1.807) is 0 Å². The number of anilines is 2. The van der Waals surface area contributed by atoms with Gasteiger partial charge in [-0.15, -0.1) is 0 Å². The normalized spacial score (nSPS) is 9.91. The Kier molecular flexibility index (Phi) is 2.76. The van der Waals surface area contributed by atoms with Crippen molar-refractivity contribution in [1.29, 1.82) is 0 Å². The van der Waals surface area contributed by atoms with Crippen LogP contribution in [-0.4, -0.2) is 5.33 Å². The average molecular weight is 215 g/mol. The van der Waals surface area contributed by atoms with E-state index in [1.165, 1.54) is 0 Å². The number of alkyl halides is 1. The van der Waals surface area contributed by atoms with E-state index >= 15 is 0 Å². The molecule has 0 aliphatic heterocycles. The molecule has 0 heterocycles. The number of nitrogens with two attached hydrogens (primary N) is 2. The van der Waals surface area contributed by atoms with Crippen LogP contribution in [0, 0.1) is 0 Å². The van der Waals surface area contributed by atoms with Crippen molar-refractivity contribution in [2.45, 2.75) is 6.42 Å². The van der Waals surface area contributed by atoms with Crippen LogP contribution in [0.2, 0.25) is 0 Å². The fourth-order valence-corrected chi connectivity index (χ4v) is 1.38. The molecule has 0 bridgehead atoms. The summed E-state index contributed by atoms with van der Waals surface area (Å²) in [5.74, 6) is 0. The van der Waals surface area contributed by atoms with E-state index in [1.807, 2.05) is 18.2 Å². The number of hydrogen-bond acceptors (Lipinski definition) is 2. The second-order valence-electron chi connectivity index (χ2n) is 2.36. The summed E-state index contributed by atoms with van der Waals surface area (Å²) in [6, 6.07) is 5.73. The third-order valence-electron chi connectivity index (χ3n) is 1.59. The molecule has 0 saturated heterocycles. The van der Waals surface area contributed by atoms with E-state index in [0.29, 0.717) is 11.4 Å². The van der Waals surface area contributed by atoms with Gasteiger partial charge in [-0.3, -0.25) is 0 Å². The van der Waals surface area contributed by atoms with Crippen molar-refractivity contribution in [3.05, 3.63) is 23.8 Å². The zero-order valence-electron chi connectivity index (χ0n) is 6.18. The first kappa shape index (κ1) is 8.40. The van der Waals surface area contributed by atoms with Crippen LogP contribution < -0.4 is 11.5 Å². The van der Waals surface area contributed by atoms with E-state index < -0.39 is 0 Å². The van der Waals surface area contributed by atoms with Gasteiger partial charge in [0.15, 0.2) is 0 Å². The third-order valence-corrected chi connectivity index (χ3v) is 1.99. The minimum absolute atomic E-state index is 0.670. The molecule has 3 heteroatoms. The highest BCUT2D eigenvalue weighted by atomic mass is 79.9. The molecule has 11 heavy (non-hydrogen) atoms. The summed E-state index contributed by atoms with van der Waals surface area (Å²) in [6.45, 7) is 0. The van der Waals surface area contributed by atoms with Crippen molar-refractivity contribution in [1.82, 2.24) is 0 Å². The van der Waals surface area contributed by atoms with Crippen LogP contribution >= 0.6 is 15.9 Å². The first-order valence-electron chi connectivity index (χ1n) is 3.44. The fraction of sp³-hybridized carbons (Fsp3) is 0.250. The Morgan fingerprint density at radius 1 is 1.27 bits per heavy atom. The molecule has 0 fully saturated rings. The highest BCUT2D eigenvalue weighted by Crippen LogP contribution is 2.19. The van der Waals surface area contributed by atoms with Crippen LogP contribution in [0.15, 0.2) is 18.2 Å². The Labute approximate surface area is 74.7 Å². The van der Waals surface area contributed by atoms with Crippen molar-refractivity contribution >= 4 is 27.3 Å². The minimum Gasteiger partial charge on any atom is -0.397 e. The lowest BCUT2D eigenvalue weighted by Gasteiger charge is -2.05. The monoisotopic (exact) mass is 214 g/mol. The second kappa shape index (κ2) is 3.62. The molecule has 1 aromatic rings. The Bertz CT molecular complexity index is 248. The molecule has 0 spiro atoms. The Morgan fingerprint density at radius 2 is 2.00 bits per heavy atom. The van der Waals surface area contributed by atoms with E-state index in [4.69, 9.17) is 11.5 Å². The summed E-state index contributed by atoms with van der Waals surface area (Å²) >= 11 is 3.35. The summed E-state index contributed by atoms with van der Waals surface area (Å²) in [5, 5.41) is 0.917. The summed E-state index contributed by atoms with van der Waals surface area (Å²) in [6.07, 6.45) is 0.927. The number of hydrogen-bond donors (Lipinski definition) is 2. The smallest absolute Gasteiger partial charge is 0.0580 e. The molecule has 60 valence electrons. The molecule has 0 amide bonds. The van der Waals surface area contributed by atoms with Crippen molar-refractivity contribution in [3.8, 4) is 0 Å². The van der Waals surface area contributed by atoms with Crippen LogP contribution in [0.1, 0.15) is 5.56 Å².